The van der Waals surface area contributed by atoms with Gasteiger partial charge in [0, 0.05) is 5.56 Å². The van der Waals surface area contributed by atoms with Gasteiger partial charge in [0.1, 0.15) is 18.8 Å². The van der Waals surface area contributed by atoms with Crippen LogP contribution in [0, 0.1) is 12.3 Å². The van der Waals surface area contributed by atoms with Crippen LogP contribution in [-0.4, -0.2) is 24.8 Å². The number of amides is 1. The van der Waals surface area contributed by atoms with Crippen LogP contribution < -0.4 is 14.8 Å². The Balaban J connectivity index is 1.91. The van der Waals surface area contributed by atoms with E-state index in [9.17, 15) is 4.79 Å². The highest BCUT2D eigenvalue weighted by atomic mass is 16.6. The minimum absolute atomic E-state index is 0.274. The van der Waals surface area contributed by atoms with E-state index in [1.807, 2.05) is 51.1 Å². The molecule has 0 radical (unpaired) electrons. The predicted molar refractivity (Wildman–Crippen MR) is 105 cm³/mol. The van der Waals surface area contributed by atoms with E-state index in [0.717, 1.165) is 5.56 Å². The number of rotatable bonds is 7. The van der Waals surface area contributed by atoms with Crippen molar-refractivity contribution < 1.29 is 19.0 Å². The van der Waals surface area contributed by atoms with Crippen molar-refractivity contribution in [3.8, 4) is 23.8 Å². The van der Waals surface area contributed by atoms with E-state index >= 15 is 0 Å². The van der Waals surface area contributed by atoms with Gasteiger partial charge in [-0.2, -0.15) is 0 Å². The topological polar surface area (TPSA) is 56.8 Å². The van der Waals surface area contributed by atoms with Gasteiger partial charge in [-0.25, -0.2) is 4.79 Å². The minimum atomic E-state index is -0.533. The number of carbonyl (C=O) groups is 1. The third-order valence-corrected chi connectivity index (χ3v) is 3.38. The summed E-state index contributed by atoms with van der Waals surface area (Å²) in [5.41, 5.74) is 1.22. The van der Waals surface area contributed by atoms with Crippen LogP contribution in [0.2, 0.25) is 0 Å². The van der Waals surface area contributed by atoms with Crippen LogP contribution in [0.5, 0.6) is 11.5 Å². The maximum Gasteiger partial charge on any atom is 0.407 e. The molecule has 1 amide bonds. The van der Waals surface area contributed by atoms with E-state index in [1.54, 1.807) is 18.2 Å². The predicted octanol–water partition coefficient (Wildman–Crippen LogP) is 4.15. The highest BCUT2D eigenvalue weighted by Crippen LogP contribution is 2.29. The van der Waals surface area contributed by atoms with Crippen LogP contribution in [0.15, 0.2) is 48.5 Å². The summed E-state index contributed by atoms with van der Waals surface area (Å²) in [6, 6.07) is 15.1. The number of ether oxygens (including phenoxy) is 3. The Hall–Kier alpha value is -3.13. The molecule has 27 heavy (non-hydrogen) atoms. The van der Waals surface area contributed by atoms with Crippen molar-refractivity contribution >= 4 is 6.09 Å². The minimum Gasteiger partial charge on any atom is -0.488 e. The fourth-order valence-electron chi connectivity index (χ4n) is 2.19. The van der Waals surface area contributed by atoms with Gasteiger partial charge in [0.2, 0.25) is 0 Å². The largest absolute Gasteiger partial charge is 0.488 e. The van der Waals surface area contributed by atoms with Crippen LogP contribution >= 0.6 is 0 Å². The van der Waals surface area contributed by atoms with E-state index in [1.165, 1.54) is 0 Å². The quantitative estimate of drug-likeness (QED) is 0.590. The molecule has 0 aliphatic carbocycles. The van der Waals surface area contributed by atoms with Crippen molar-refractivity contribution in [2.24, 2.45) is 0 Å². The monoisotopic (exact) mass is 367 g/mol. The molecule has 2 aromatic carbocycles. The number of alkyl carbamates (subject to hydrolysis) is 1. The number of nitrogens with one attached hydrogen (secondary N) is 1. The summed E-state index contributed by atoms with van der Waals surface area (Å²) in [5.74, 6) is 3.71. The van der Waals surface area contributed by atoms with Crippen LogP contribution in [0.25, 0.3) is 0 Å². The fraction of sp³-hybridized carbons (Fsp3) is 0.318. The molecule has 1 N–H and O–H groups in total. The van der Waals surface area contributed by atoms with Crippen LogP contribution in [0.3, 0.4) is 0 Å². The lowest BCUT2D eigenvalue weighted by atomic mass is 10.2. The normalized spacial score (nSPS) is 10.6. The van der Waals surface area contributed by atoms with Crippen molar-refractivity contribution in [1.29, 1.82) is 0 Å². The van der Waals surface area contributed by atoms with E-state index in [-0.39, 0.29) is 6.61 Å². The van der Waals surface area contributed by atoms with Gasteiger partial charge in [-0.3, -0.25) is 0 Å². The molecule has 0 aliphatic heterocycles. The summed E-state index contributed by atoms with van der Waals surface area (Å²) >= 11 is 0. The molecular weight excluding hydrogens is 342 g/mol. The van der Waals surface area contributed by atoms with E-state index in [2.05, 4.69) is 11.2 Å². The molecule has 5 nitrogen and oxygen atoms in total. The fourth-order valence-corrected chi connectivity index (χ4v) is 2.19. The smallest absolute Gasteiger partial charge is 0.407 e. The maximum absolute atomic E-state index is 11.6. The highest BCUT2D eigenvalue weighted by molar-refractivity contribution is 5.67. The molecule has 2 rings (SSSR count). The molecule has 0 spiro atoms. The molecule has 0 atom stereocenters. The van der Waals surface area contributed by atoms with E-state index in [4.69, 9.17) is 20.6 Å². The van der Waals surface area contributed by atoms with Gasteiger partial charge >= 0.3 is 6.09 Å². The van der Waals surface area contributed by atoms with Crippen LogP contribution in [-0.2, 0) is 11.3 Å². The molecule has 142 valence electrons. The average molecular weight is 367 g/mol. The van der Waals surface area contributed by atoms with Crippen molar-refractivity contribution in [3.63, 3.8) is 0 Å². The summed E-state index contributed by atoms with van der Waals surface area (Å²) in [7, 11) is 0. The third kappa shape index (κ3) is 7.33. The first-order valence-corrected chi connectivity index (χ1v) is 8.74. The second-order valence-corrected chi connectivity index (χ2v) is 6.86. The zero-order valence-corrected chi connectivity index (χ0v) is 16.0. The van der Waals surface area contributed by atoms with Gasteiger partial charge < -0.3 is 19.5 Å². The molecule has 0 unspecified atom stereocenters. The molecule has 0 aromatic heterocycles. The Bertz CT molecular complexity index is 788. The van der Waals surface area contributed by atoms with Crippen molar-refractivity contribution in [2.75, 3.05) is 13.2 Å². The van der Waals surface area contributed by atoms with Crippen LogP contribution in [0.4, 0.5) is 4.79 Å². The molecular formula is C22H25NO4. The molecule has 0 aliphatic rings. The molecule has 0 fully saturated rings. The Morgan fingerprint density at radius 2 is 1.81 bits per heavy atom. The van der Waals surface area contributed by atoms with Crippen LogP contribution in [0.1, 0.15) is 31.9 Å². The zero-order chi connectivity index (χ0) is 19.7. The molecule has 5 heteroatoms. The summed E-state index contributed by atoms with van der Waals surface area (Å²) < 4.78 is 16.8. The van der Waals surface area contributed by atoms with Gasteiger partial charge in [0.15, 0.2) is 11.5 Å². The van der Waals surface area contributed by atoms with E-state index in [0.29, 0.717) is 30.2 Å². The molecule has 0 saturated carbocycles. The number of carbonyl (C=O) groups excluding carboxylic acids is 1. The zero-order valence-electron chi connectivity index (χ0n) is 16.0. The lowest BCUT2D eigenvalue weighted by molar-refractivity contribution is 0.0520. The number of hydrogen-bond acceptors (Lipinski definition) is 4. The first-order valence-electron chi connectivity index (χ1n) is 8.74. The second kappa shape index (κ2) is 9.54. The average Bonchev–Trinajstić information content (AvgIpc) is 2.63. The van der Waals surface area contributed by atoms with Gasteiger partial charge in [-0.1, -0.05) is 36.3 Å². The van der Waals surface area contributed by atoms with Crippen molar-refractivity contribution in [1.82, 2.24) is 5.32 Å². The summed E-state index contributed by atoms with van der Waals surface area (Å²) in [4.78, 5) is 11.6. The molecule has 2 aromatic rings. The lowest BCUT2D eigenvalue weighted by Gasteiger charge is -2.19. The summed E-state index contributed by atoms with van der Waals surface area (Å²) in [5, 5.41) is 2.65. The molecule has 0 heterocycles. The Labute approximate surface area is 160 Å². The van der Waals surface area contributed by atoms with Gasteiger partial charge in [0.25, 0.3) is 0 Å². The first kappa shape index (κ1) is 20.2. The SMILES string of the molecule is C#Cc1ccc(OCCNC(=O)OC(C)(C)C)c(OCc2ccccc2)c1. The third-order valence-electron chi connectivity index (χ3n) is 3.38. The Morgan fingerprint density at radius 1 is 1.07 bits per heavy atom. The van der Waals surface area contributed by atoms with Crippen molar-refractivity contribution in [3.05, 3.63) is 59.7 Å². The van der Waals surface area contributed by atoms with Gasteiger partial charge in [-0.05, 0) is 44.5 Å². The maximum atomic E-state index is 11.6. The van der Waals surface area contributed by atoms with E-state index < -0.39 is 11.7 Å². The van der Waals surface area contributed by atoms with Gasteiger partial charge in [-0.15, -0.1) is 6.42 Å². The highest BCUT2D eigenvalue weighted by Gasteiger charge is 2.15. The number of benzene rings is 2. The Kier molecular flexibility index (Phi) is 7.13. The molecule has 0 bridgehead atoms. The van der Waals surface area contributed by atoms with Gasteiger partial charge in [0.05, 0.1) is 6.54 Å². The first-order chi connectivity index (χ1) is 12.9. The molecule has 0 saturated heterocycles. The second-order valence-electron chi connectivity index (χ2n) is 6.86. The Morgan fingerprint density at radius 3 is 2.48 bits per heavy atom. The number of terminal acetylenes is 1. The summed E-state index contributed by atoms with van der Waals surface area (Å²) in [6.45, 7) is 6.42. The van der Waals surface area contributed by atoms with Crippen molar-refractivity contribution in [2.45, 2.75) is 33.0 Å². The summed E-state index contributed by atoms with van der Waals surface area (Å²) in [6.07, 6.45) is 5.00. The lowest BCUT2D eigenvalue weighted by Crippen LogP contribution is -2.34. The number of hydrogen-bond donors (Lipinski definition) is 1. The standard InChI is InChI=1S/C22H25NO4/c1-5-17-11-12-19(25-14-13-23-21(24)27-22(2,3)4)20(15-17)26-16-18-9-7-6-8-10-18/h1,6-12,15H,13-14,16H2,2-4H3,(H,23,24).